The predicted molar refractivity (Wildman–Crippen MR) is 131 cm³/mol. The molecule has 0 saturated heterocycles. The summed E-state index contributed by atoms with van der Waals surface area (Å²) in [5.41, 5.74) is 3.98. The molecular formula is C27H20N4O3. The van der Waals surface area contributed by atoms with Gasteiger partial charge in [-0.15, -0.1) is 0 Å². The van der Waals surface area contributed by atoms with Crippen molar-refractivity contribution in [3.05, 3.63) is 101 Å². The summed E-state index contributed by atoms with van der Waals surface area (Å²) in [6.45, 7) is 1.06. The molecule has 5 aromatic rings. The van der Waals surface area contributed by atoms with Crippen molar-refractivity contribution >= 4 is 23.1 Å². The fourth-order valence-corrected chi connectivity index (χ4v) is 3.99. The maximum atomic E-state index is 12.5. The molecule has 6 rings (SSSR count). The van der Waals surface area contributed by atoms with Gasteiger partial charge in [0.05, 0.1) is 16.6 Å². The molecule has 0 saturated carbocycles. The lowest BCUT2D eigenvalue weighted by atomic mass is 10.1. The SMILES string of the molecule is O=c1[nH]c(C=Cc2cn(-c3ccccc3)nc2-c2ccc3c(c2)OCCO3)nc2ccccc12. The molecule has 0 amide bonds. The van der Waals surface area contributed by atoms with E-state index in [1.54, 1.807) is 12.1 Å². The standard InChI is InChI=1S/C27H20N4O3/c32-27-21-8-4-5-9-22(21)28-25(29-27)13-11-19-17-31(20-6-2-1-3-7-20)30-26(19)18-10-12-23-24(16-18)34-15-14-33-23/h1-13,16-17H,14-15H2,(H,28,29,32). The highest BCUT2D eigenvalue weighted by molar-refractivity contribution is 5.81. The third-order valence-electron chi connectivity index (χ3n) is 5.63. The Labute approximate surface area is 194 Å². The summed E-state index contributed by atoms with van der Waals surface area (Å²) >= 11 is 0. The van der Waals surface area contributed by atoms with E-state index >= 15 is 0 Å². The van der Waals surface area contributed by atoms with Crippen molar-refractivity contribution in [3.63, 3.8) is 0 Å². The van der Waals surface area contributed by atoms with Gasteiger partial charge in [-0.2, -0.15) is 5.10 Å². The fraction of sp³-hybridized carbons (Fsp3) is 0.0741. The van der Waals surface area contributed by atoms with Crippen molar-refractivity contribution in [2.75, 3.05) is 13.2 Å². The number of H-pyrrole nitrogens is 1. The van der Waals surface area contributed by atoms with Crippen LogP contribution in [0.2, 0.25) is 0 Å². The summed E-state index contributed by atoms with van der Waals surface area (Å²) in [6.07, 6.45) is 5.66. The van der Waals surface area contributed by atoms with Crippen LogP contribution in [0.25, 0.3) is 40.0 Å². The minimum Gasteiger partial charge on any atom is -0.486 e. The lowest BCUT2D eigenvalue weighted by molar-refractivity contribution is 0.171. The van der Waals surface area contributed by atoms with E-state index in [0.717, 1.165) is 28.3 Å². The predicted octanol–water partition coefficient (Wildman–Crippen LogP) is 4.72. The molecule has 0 radical (unpaired) electrons. The molecule has 1 aliphatic heterocycles. The van der Waals surface area contributed by atoms with Crippen molar-refractivity contribution < 1.29 is 9.47 Å². The first-order chi connectivity index (χ1) is 16.7. The van der Waals surface area contributed by atoms with E-state index in [4.69, 9.17) is 14.6 Å². The summed E-state index contributed by atoms with van der Waals surface area (Å²) in [4.78, 5) is 19.9. The first-order valence-electron chi connectivity index (χ1n) is 11.0. The van der Waals surface area contributed by atoms with Crippen LogP contribution in [0.15, 0.2) is 83.8 Å². The van der Waals surface area contributed by atoms with Gasteiger partial charge in [-0.05, 0) is 54.6 Å². The Morgan fingerprint density at radius 1 is 0.882 bits per heavy atom. The number of hydrogen-bond acceptors (Lipinski definition) is 5. The number of nitrogens with zero attached hydrogens (tertiary/aromatic N) is 3. The van der Waals surface area contributed by atoms with E-state index in [1.807, 2.05) is 83.7 Å². The number of benzene rings is 3. The van der Waals surface area contributed by atoms with Gasteiger partial charge in [0.2, 0.25) is 0 Å². The molecule has 3 heterocycles. The number of para-hydroxylation sites is 2. The number of hydrogen-bond donors (Lipinski definition) is 1. The molecule has 0 unspecified atom stereocenters. The van der Waals surface area contributed by atoms with Crippen LogP contribution in [0.5, 0.6) is 11.5 Å². The Morgan fingerprint density at radius 3 is 2.56 bits per heavy atom. The van der Waals surface area contributed by atoms with Gasteiger partial charge in [0.15, 0.2) is 11.5 Å². The van der Waals surface area contributed by atoms with Crippen LogP contribution in [-0.2, 0) is 0 Å². The first kappa shape index (κ1) is 20.0. The third-order valence-corrected chi connectivity index (χ3v) is 5.63. The quantitative estimate of drug-likeness (QED) is 0.430. The molecule has 0 bridgehead atoms. The molecule has 7 heteroatoms. The summed E-state index contributed by atoms with van der Waals surface area (Å²) in [5.74, 6) is 1.91. The molecular weight excluding hydrogens is 428 g/mol. The third kappa shape index (κ3) is 3.73. The maximum Gasteiger partial charge on any atom is 0.259 e. The van der Waals surface area contributed by atoms with Crippen molar-refractivity contribution in [1.82, 2.24) is 19.7 Å². The largest absolute Gasteiger partial charge is 0.486 e. The lowest BCUT2D eigenvalue weighted by Gasteiger charge is -2.18. The Balaban J connectivity index is 1.45. The Morgan fingerprint density at radius 2 is 1.68 bits per heavy atom. The maximum absolute atomic E-state index is 12.5. The minimum atomic E-state index is -0.169. The van der Waals surface area contributed by atoms with Crippen LogP contribution in [0.4, 0.5) is 0 Å². The Hall–Kier alpha value is -4.65. The summed E-state index contributed by atoms with van der Waals surface area (Å²) in [6, 6.07) is 23.0. The number of ether oxygens (including phenoxy) is 2. The van der Waals surface area contributed by atoms with E-state index < -0.39 is 0 Å². The van der Waals surface area contributed by atoms with E-state index in [1.165, 1.54) is 0 Å². The molecule has 0 aliphatic carbocycles. The monoisotopic (exact) mass is 448 g/mol. The van der Waals surface area contributed by atoms with Crippen LogP contribution in [0.1, 0.15) is 11.4 Å². The van der Waals surface area contributed by atoms with Gasteiger partial charge in [0.1, 0.15) is 24.7 Å². The van der Waals surface area contributed by atoms with Crippen molar-refractivity contribution in [3.8, 4) is 28.4 Å². The minimum absolute atomic E-state index is 0.169. The zero-order valence-electron chi connectivity index (χ0n) is 18.1. The molecule has 166 valence electrons. The van der Waals surface area contributed by atoms with Crippen molar-refractivity contribution in [2.24, 2.45) is 0 Å². The zero-order valence-corrected chi connectivity index (χ0v) is 18.1. The van der Waals surface area contributed by atoms with Crippen molar-refractivity contribution in [2.45, 2.75) is 0 Å². The second kappa shape index (κ2) is 8.37. The van der Waals surface area contributed by atoms with Gasteiger partial charge in [0, 0.05) is 17.3 Å². The smallest absolute Gasteiger partial charge is 0.259 e. The van der Waals surface area contributed by atoms with Gasteiger partial charge in [-0.25, -0.2) is 9.67 Å². The van der Waals surface area contributed by atoms with Crippen LogP contribution < -0.4 is 15.0 Å². The number of aromatic amines is 1. The van der Waals surface area contributed by atoms with E-state index in [9.17, 15) is 4.79 Å². The van der Waals surface area contributed by atoms with Gasteiger partial charge >= 0.3 is 0 Å². The van der Waals surface area contributed by atoms with E-state index in [-0.39, 0.29) is 5.56 Å². The molecule has 7 nitrogen and oxygen atoms in total. The second-order valence-electron chi connectivity index (χ2n) is 7.87. The molecule has 1 N–H and O–H groups in total. The second-order valence-corrected chi connectivity index (χ2v) is 7.87. The van der Waals surface area contributed by atoms with E-state index in [0.29, 0.717) is 35.7 Å². The highest BCUT2D eigenvalue weighted by atomic mass is 16.6. The first-order valence-corrected chi connectivity index (χ1v) is 11.0. The highest BCUT2D eigenvalue weighted by Crippen LogP contribution is 2.35. The normalized spacial score (nSPS) is 12.9. The number of nitrogens with one attached hydrogen (secondary N) is 1. The van der Waals surface area contributed by atoms with Crippen LogP contribution in [0, 0.1) is 0 Å². The van der Waals surface area contributed by atoms with Crippen LogP contribution in [0.3, 0.4) is 0 Å². The van der Waals surface area contributed by atoms with Gasteiger partial charge in [0.25, 0.3) is 5.56 Å². The zero-order chi connectivity index (χ0) is 22.9. The molecule has 0 fully saturated rings. The number of rotatable bonds is 4. The summed E-state index contributed by atoms with van der Waals surface area (Å²) < 4.78 is 13.3. The average Bonchev–Trinajstić information content (AvgIpc) is 3.32. The molecule has 1 aliphatic rings. The molecule has 3 aromatic carbocycles. The van der Waals surface area contributed by atoms with Gasteiger partial charge < -0.3 is 14.5 Å². The molecule has 0 spiro atoms. The molecule has 2 aromatic heterocycles. The number of fused-ring (bicyclic) bond motifs is 2. The molecule has 34 heavy (non-hydrogen) atoms. The highest BCUT2D eigenvalue weighted by Gasteiger charge is 2.16. The average molecular weight is 448 g/mol. The van der Waals surface area contributed by atoms with Crippen LogP contribution >= 0.6 is 0 Å². The van der Waals surface area contributed by atoms with E-state index in [2.05, 4.69) is 9.97 Å². The van der Waals surface area contributed by atoms with Gasteiger partial charge in [-0.3, -0.25) is 4.79 Å². The van der Waals surface area contributed by atoms with Crippen LogP contribution in [-0.4, -0.2) is 33.0 Å². The van der Waals surface area contributed by atoms with Crippen molar-refractivity contribution in [1.29, 1.82) is 0 Å². The topological polar surface area (TPSA) is 82.0 Å². The summed E-state index contributed by atoms with van der Waals surface area (Å²) in [5, 5.41) is 5.42. The molecule has 0 atom stereocenters. The fourth-order valence-electron chi connectivity index (χ4n) is 3.99. The lowest BCUT2D eigenvalue weighted by Crippen LogP contribution is -2.15. The summed E-state index contributed by atoms with van der Waals surface area (Å²) in [7, 11) is 0. The number of aromatic nitrogens is 4. The Bertz CT molecular complexity index is 1590. The van der Waals surface area contributed by atoms with Gasteiger partial charge in [-0.1, -0.05) is 30.3 Å². The Kier molecular flexibility index (Phi) is 4.92.